The predicted molar refractivity (Wildman–Crippen MR) is 121 cm³/mol. The molecular weight excluding hydrogens is 461 g/mol. The van der Waals surface area contributed by atoms with Crippen LogP contribution in [0.4, 0.5) is 0 Å². The first kappa shape index (κ1) is 23.6. The molecule has 1 fully saturated rings. The maximum absolute atomic E-state index is 5.41. The molecule has 6 nitrogen and oxygen atoms in total. The van der Waals surface area contributed by atoms with Crippen LogP contribution in [-0.4, -0.2) is 68.3 Å². The minimum atomic E-state index is 0. The number of nitrogens with zero attached hydrogens (tertiary/aromatic N) is 3. The first-order valence-electron chi connectivity index (χ1n) is 9.33. The van der Waals surface area contributed by atoms with E-state index in [0.717, 1.165) is 70.6 Å². The van der Waals surface area contributed by atoms with Gasteiger partial charge in [-0.1, -0.05) is 6.92 Å². The fourth-order valence-electron chi connectivity index (χ4n) is 2.81. The highest BCUT2D eigenvalue weighted by Crippen LogP contribution is 2.16. The molecule has 1 unspecified atom stereocenters. The molecule has 0 amide bonds. The largest absolute Gasteiger partial charge is 0.379 e. The summed E-state index contributed by atoms with van der Waals surface area (Å²) in [6.45, 7) is 16.0. The van der Waals surface area contributed by atoms with E-state index in [-0.39, 0.29) is 24.0 Å². The minimum Gasteiger partial charge on any atom is -0.379 e. The van der Waals surface area contributed by atoms with Crippen LogP contribution < -0.4 is 10.6 Å². The molecule has 0 spiro atoms. The van der Waals surface area contributed by atoms with Gasteiger partial charge in [0, 0.05) is 50.6 Å². The summed E-state index contributed by atoms with van der Waals surface area (Å²) < 4.78 is 5.41. The highest BCUT2D eigenvalue weighted by atomic mass is 127. The fourth-order valence-corrected chi connectivity index (χ4v) is 3.74. The Kier molecular flexibility index (Phi) is 11.7. The minimum absolute atomic E-state index is 0. The zero-order chi connectivity index (χ0) is 18.1. The van der Waals surface area contributed by atoms with E-state index in [9.17, 15) is 0 Å². The van der Waals surface area contributed by atoms with Gasteiger partial charge in [-0.15, -0.1) is 35.3 Å². The lowest BCUT2D eigenvalue weighted by Gasteiger charge is -2.28. The summed E-state index contributed by atoms with van der Waals surface area (Å²) in [5.41, 5.74) is 1.15. The topological polar surface area (TPSA) is 61.8 Å². The lowest BCUT2D eigenvalue weighted by Crippen LogP contribution is -2.40. The van der Waals surface area contributed by atoms with E-state index in [1.807, 2.05) is 0 Å². The quantitative estimate of drug-likeness (QED) is 0.330. The second-order valence-electron chi connectivity index (χ2n) is 6.66. The summed E-state index contributed by atoms with van der Waals surface area (Å²) in [5.74, 6) is 1.44. The van der Waals surface area contributed by atoms with Crippen molar-refractivity contribution in [2.75, 3.05) is 52.5 Å². The molecule has 2 heterocycles. The van der Waals surface area contributed by atoms with Crippen LogP contribution in [0.3, 0.4) is 0 Å². The summed E-state index contributed by atoms with van der Waals surface area (Å²) in [6, 6.07) is 0. The van der Waals surface area contributed by atoms with Gasteiger partial charge in [-0.2, -0.15) is 0 Å². The van der Waals surface area contributed by atoms with Gasteiger partial charge in [0.1, 0.15) is 0 Å². The van der Waals surface area contributed by atoms with Crippen LogP contribution in [-0.2, 0) is 11.2 Å². The van der Waals surface area contributed by atoms with Gasteiger partial charge >= 0.3 is 0 Å². The molecule has 0 radical (unpaired) electrons. The van der Waals surface area contributed by atoms with Crippen LogP contribution in [0.1, 0.15) is 29.4 Å². The third-order valence-electron chi connectivity index (χ3n) is 4.28. The monoisotopic (exact) mass is 495 g/mol. The van der Waals surface area contributed by atoms with Crippen molar-refractivity contribution in [1.82, 2.24) is 20.5 Å². The lowest BCUT2D eigenvalue weighted by molar-refractivity contribution is 0.0323. The van der Waals surface area contributed by atoms with Gasteiger partial charge in [0.15, 0.2) is 5.96 Å². The summed E-state index contributed by atoms with van der Waals surface area (Å²) >= 11 is 1.79. The highest BCUT2D eigenvalue weighted by Gasteiger charge is 2.13. The number of aryl methyl sites for hydroxylation is 2. The molecule has 150 valence electrons. The van der Waals surface area contributed by atoms with E-state index < -0.39 is 0 Å². The van der Waals surface area contributed by atoms with E-state index in [0.29, 0.717) is 5.92 Å². The molecule has 1 aromatic heterocycles. The van der Waals surface area contributed by atoms with Crippen LogP contribution in [0.25, 0.3) is 0 Å². The Morgan fingerprint density at radius 3 is 2.65 bits per heavy atom. The second kappa shape index (κ2) is 12.9. The lowest BCUT2D eigenvalue weighted by atomic mass is 10.1. The Morgan fingerprint density at radius 2 is 2.04 bits per heavy atom. The number of thiazole rings is 1. The third kappa shape index (κ3) is 8.49. The van der Waals surface area contributed by atoms with Crippen molar-refractivity contribution in [3.63, 3.8) is 0 Å². The maximum Gasteiger partial charge on any atom is 0.191 e. The van der Waals surface area contributed by atoms with Gasteiger partial charge in [-0.05, 0) is 26.7 Å². The van der Waals surface area contributed by atoms with Gasteiger partial charge in [0.25, 0.3) is 0 Å². The number of aromatic nitrogens is 1. The van der Waals surface area contributed by atoms with E-state index in [1.165, 1.54) is 9.88 Å². The van der Waals surface area contributed by atoms with Crippen LogP contribution in [0.15, 0.2) is 4.99 Å². The van der Waals surface area contributed by atoms with E-state index in [4.69, 9.17) is 9.73 Å². The van der Waals surface area contributed by atoms with Crippen molar-refractivity contribution in [2.24, 2.45) is 10.9 Å². The Morgan fingerprint density at radius 1 is 1.31 bits per heavy atom. The van der Waals surface area contributed by atoms with Crippen LogP contribution in [0, 0.1) is 19.8 Å². The Bertz CT molecular complexity index is 526. The van der Waals surface area contributed by atoms with Gasteiger partial charge in [0.2, 0.25) is 0 Å². The van der Waals surface area contributed by atoms with Crippen molar-refractivity contribution in [3.8, 4) is 0 Å². The number of rotatable bonds is 8. The number of ether oxygens (including phenoxy) is 1. The van der Waals surface area contributed by atoms with Crippen molar-refractivity contribution in [3.05, 3.63) is 15.6 Å². The fraction of sp³-hybridized carbons (Fsp3) is 0.778. The number of hydrogen-bond donors (Lipinski definition) is 2. The molecule has 0 aromatic carbocycles. The number of halogens is 1. The van der Waals surface area contributed by atoms with Crippen molar-refractivity contribution in [2.45, 2.75) is 34.1 Å². The molecule has 1 saturated heterocycles. The summed E-state index contributed by atoms with van der Waals surface area (Å²) in [5, 5.41) is 7.96. The Hall–Kier alpha value is -0.450. The van der Waals surface area contributed by atoms with E-state index in [2.05, 4.69) is 48.2 Å². The average molecular weight is 495 g/mol. The number of guanidine groups is 1. The van der Waals surface area contributed by atoms with Crippen molar-refractivity contribution in [1.29, 1.82) is 0 Å². The normalized spacial score (nSPS) is 16.8. The van der Waals surface area contributed by atoms with E-state index in [1.54, 1.807) is 11.3 Å². The first-order valence-corrected chi connectivity index (χ1v) is 10.1. The summed E-state index contributed by atoms with van der Waals surface area (Å²) in [6.07, 6.45) is 0.938. The zero-order valence-electron chi connectivity index (χ0n) is 16.5. The average Bonchev–Trinajstić information content (AvgIpc) is 2.91. The molecule has 0 bridgehead atoms. The maximum atomic E-state index is 5.41. The summed E-state index contributed by atoms with van der Waals surface area (Å²) in [4.78, 5) is 13.1. The standard InChI is InChI=1S/C18H33N5OS.HI/c1-5-19-18(20-7-6-17-22-15(3)16(4)25-17)21-12-14(2)13-23-8-10-24-11-9-23;/h14H,5-13H2,1-4H3,(H2,19,20,21);1H. The first-order chi connectivity index (χ1) is 12.1. The van der Waals surface area contributed by atoms with Crippen molar-refractivity contribution >= 4 is 41.3 Å². The molecule has 0 saturated carbocycles. The van der Waals surface area contributed by atoms with Gasteiger partial charge < -0.3 is 15.4 Å². The molecule has 1 atom stereocenters. The molecule has 1 aliphatic heterocycles. The van der Waals surface area contributed by atoms with Gasteiger partial charge in [-0.25, -0.2) is 4.98 Å². The predicted octanol–water partition coefficient (Wildman–Crippen LogP) is 2.44. The third-order valence-corrected chi connectivity index (χ3v) is 5.42. The smallest absolute Gasteiger partial charge is 0.191 e. The number of morpholine rings is 1. The molecule has 2 N–H and O–H groups in total. The second-order valence-corrected chi connectivity index (χ2v) is 7.95. The SMILES string of the molecule is CCNC(=NCC(C)CN1CCOCC1)NCCc1nc(C)c(C)s1.I. The van der Waals surface area contributed by atoms with Crippen LogP contribution in [0.5, 0.6) is 0 Å². The molecular formula is C18H34IN5OS. The molecule has 8 heteroatoms. The molecule has 1 aromatic rings. The molecule has 1 aliphatic rings. The van der Waals surface area contributed by atoms with Gasteiger partial charge in [0.05, 0.1) is 23.9 Å². The zero-order valence-corrected chi connectivity index (χ0v) is 19.7. The number of aliphatic imine (C=N–C) groups is 1. The summed E-state index contributed by atoms with van der Waals surface area (Å²) in [7, 11) is 0. The number of hydrogen-bond acceptors (Lipinski definition) is 5. The van der Waals surface area contributed by atoms with Crippen LogP contribution >= 0.6 is 35.3 Å². The van der Waals surface area contributed by atoms with Crippen LogP contribution in [0.2, 0.25) is 0 Å². The molecule has 0 aliphatic carbocycles. The highest BCUT2D eigenvalue weighted by molar-refractivity contribution is 14.0. The molecule has 26 heavy (non-hydrogen) atoms. The van der Waals surface area contributed by atoms with Gasteiger partial charge in [-0.3, -0.25) is 9.89 Å². The van der Waals surface area contributed by atoms with E-state index >= 15 is 0 Å². The molecule has 2 rings (SSSR count). The Balaban J connectivity index is 0.00000338. The number of nitrogens with one attached hydrogen (secondary N) is 2. The van der Waals surface area contributed by atoms with Crippen molar-refractivity contribution < 1.29 is 4.74 Å². The Labute approximate surface area is 179 Å².